The Hall–Kier alpha value is -5.10. The molecule has 4 rings (SSSR count). The Morgan fingerprint density at radius 1 is 0.778 bits per heavy atom. The second kappa shape index (κ2) is 14.6. The highest BCUT2D eigenvalue weighted by atomic mass is 35.5. The molecule has 240 valence electrons. The van der Waals surface area contributed by atoms with Crippen molar-refractivity contribution in [2.24, 2.45) is 0 Å². The number of aromatic nitrogens is 1. The number of methoxy groups -OCH3 is 5. The number of nitrogens with zero attached hydrogens (tertiary/aromatic N) is 2. The third-order valence-electron chi connectivity index (χ3n) is 7.17. The van der Waals surface area contributed by atoms with Crippen LogP contribution in [-0.4, -0.2) is 70.2 Å². The summed E-state index contributed by atoms with van der Waals surface area (Å²) in [5, 5.41) is 0.442. The topological polar surface area (TPSA) is 141 Å². The van der Waals surface area contributed by atoms with E-state index < -0.39 is 17.6 Å². The van der Waals surface area contributed by atoms with Gasteiger partial charge in [-0.3, -0.25) is 9.36 Å². The molecule has 0 aliphatic carbocycles. The first kappa shape index (κ1) is 34.4. The van der Waals surface area contributed by atoms with Gasteiger partial charge in [0, 0.05) is 35.4 Å². The van der Waals surface area contributed by atoms with E-state index in [-0.39, 0.29) is 35.0 Å². The van der Waals surface area contributed by atoms with Crippen molar-refractivity contribution in [1.29, 1.82) is 0 Å². The fourth-order valence-corrected chi connectivity index (χ4v) is 4.96. The molecule has 1 amide bonds. The number of hydrogen-bond acceptors (Lipinski definition) is 10. The summed E-state index contributed by atoms with van der Waals surface area (Å²) in [4.78, 5) is 42.3. The number of hydrogen-bond donors (Lipinski definition) is 1. The quantitative estimate of drug-likeness (QED) is 0.179. The van der Waals surface area contributed by atoms with Crippen LogP contribution in [0, 0.1) is 0 Å². The highest BCUT2D eigenvalue weighted by molar-refractivity contribution is 6.08. The van der Waals surface area contributed by atoms with E-state index in [0.717, 1.165) is 0 Å². The second-order valence-electron chi connectivity index (χ2n) is 9.45. The van der Waals surface area contributed by atoms with Crippen molar-refractivity contribution in [3.05, 3.63) is 64.6 Å². The predicted molar refractivity (Wildman–Crippen MR) is 173 cm³/mol. The smallest absolute Gasteiger partial charge is 0.415 e. The Labute approximate surface area is 266 Å². The Balaban J connectivity index is 0.00000552. The van der Waals surface area contributed by atoms with Crippen LogP contribution in [0.1, 0.15) is 24.3 Å². The Kier molecular flexibility index (Phi) is 11.1. The molecule has 0 radical (unpaired) electrons. The summed E-state index contributed by atoms with van der Waals surface area (Å²) < 4.78 is 34.4. The number of rotatable bonds is 10. The summed E-state index contributed by atoms with van der Waals surface area (Å²) in [5.74, 6) is 0.352. The fraction of sp³-hybridized carbons (Fsp3) is 0.281. The molecule has 0 unspecified atom stereocenters. The molecule has 0 atom stereocenters. The van der Waals surface area contributed by atoms with Gasteiger partial charge >= 0.3 is 12.1 Å². The molecule has 0 aliphatic heterocycles. The summed E-state index contributed by atoms with van der Waals surface area (Å²) in [6, 6.07) is 12.7. The number of esters is 1. The van der Waals surface area contributed by atoms with Crippen molar-refractivity contribution in [3.63, 3.8) is 0 Å². The van der Waals surface area contributed by atoms with E-state index in [0.29, 0.717) is 58.2 Å². The lowest BCUT2D eigenvalue weighted by Crippen LogP contribution is -2.33. The molecule has 0 saturated heterocycles. The van der Waals surface area contributed by atoms with Gasteiger partial charge in [-0.05, 0) is 67.9 Å². The van der Waals surface area contributed by atoms with Crippen LogP contribution in [0.5, 0.6) is 28.7 Å². The maximum atomic E-state index is 14.3. The molecule has 2 N–H and O–H groups in total. The van der Waals surface area contributed by atoms with E-state index in [1.54, 1.807) is 42.5 Å². The Morgan fingerprint density at radius 3 is 1.82 bits per heavy atom. The first-order valence-corrected chi connectivity index (χ1v) is 13.7. The molecule has 1 aromatic heterocycles. The van der Waals surface area contributed by atoms with Crippen LogP contribution in [0.15, 0.2) is 53.3 Å². The van der Waals surface area contributed by atoms with Crippen molar-refractivity contribution in [3.8, 4) is 45.6 Å². The Bertz CT molecular complexity index is 1740. The van der Waals surface area contributed by atoms with Gasteiger partial charge in [0.05, 0.1) is 40.9 Å². The van der Waals surface area contributed by atoms with Crippen LogP contribution in [-0.2, 0) is 4.74 Å². The molecule has 1 heterocycles. The minimum absolute atomic E-state index is 0. The van der Waals surface area contributed by atoms with Crippen LogP contribution in [0.2, 0.25) is 0 Å². The average Bonchev–Trinajstić information content (AvgIpc) is 3.04. The monoisotopic (exact) mass is 641 g/mol. The summed E-state index contributed by atoms with van der Waals surface area (Å²) >= 11 is 0. The highest BCUT2D eigenvalue weighted by Gasteiger charge is 2.29. The number of ether oxygens (including phenoxy) is 6. The number of nitrogens with two attached hydrogens (primary N) is 1. The summed E-state index contributed by atoms with van der Waals surface area (Å²) in [6.07, 6.45) is -0.609. The molecular weight excluding hydrogens is 606 g/mol. The number of halogens is 1. The lowest BCUT2D eigenvalue weighted by atomic mass is 9.95. The van der Waals surface area contributed by atoms with E-state index in [9.17, 15) is 14.4 Å². The van der Waals surface area contributed by atoms with Crippen LogP contribution in [0.3, 0.4) is 0 Å². The SMILES string of the molecule is CCN(CC)C(=O)Oc1cc2c(=O)n(-c3ccc(N)cc3)c(C(=O)OC)c(-c3cc(OC)c(OC)c(OC)c3)c2cc1OC.Cl. The third kappa shape index (κ3) is 6.41. The highest BCUT2D eigenvalue weighted by Crippen LogP contribution is 2.45. The van der Waals surface area contributed by atoms with E-state index in [2.05, 4.69) is 0 Å². The molecule has 12 nitrogen and oxygen atoms in total. The maximum absolute atomic E-state index is 14.3. The largest absolute Gasteiger partial charge is 0.493 e. The van der Waals surface area contributed by atoms with Gasteiger partial charge < -0.3 is 39.1 Å². The van der Waals surface area contributed by atoms with Crippen LogP contribution in [0.4, 0.5) is 10.5 Å². The van der Waals surface area contributed by atoms with Crippen molar-refractivity contribution in [1.82, 2.24) is 9.47 Å². The van der Waals surface area contributed by atoms with Crippen LogP contribution < -0.4 is 35.0 Å². The van der Waals surface area contributed by atoms with Crippen LogP contribution >= 0.6 is 12.4 Å². The summed E-state index contributed by atoms with van der Waals surface area (Å²) in [7, 11) is 7.04. The van der Waals surface area contributed by atoms with E-state index in [1.807, 2.05) is 13.8 Å². The first-order chi connectivity index (χ1) is 21.2. The molecule has 0 fully saturated rings. The number of carbonyl (C=O) groups excluding carboxylic acids is 2. The van der Waals surface area contributed by atoms with Gasteiger partial charge in [0.2, 0.25) is 5.75 Å². The maximum Gasteiger partial charge on any atom is 0.415 e. The summed E-state index contributed by atoms with van der Waals surface area (Å²) in [6.45, 7) is 4.49. The van der Waals surface area contributed by atoms with Gasteiger partial charge in [-0.15, -0.1) is 12.4 Å². The van der Waals surface area contributed by atoms with Crippen molar-refractivity contribution < 1.29 is 38.0 Å². The number of anilines is 1. The number of amides is 1. The third-order valence-corrected chi connectivity index (χ3v) is 7.17. The molecule has 0 spiro atoms. The second-order valence-corrected chi connectivity index (χ2v) is 9.45. The minimum atomic E-state index is -0.791. The molecule has 45 heavy (non-hydrogen) atoms. The van der Waals surface area contributed by atoms with E-state index in [4.69, 9.17) is 34.2 Å². The number of benzene rings is 3. The number of nitrogen functional groups attached to an aromatic ring is 1. The van der Waals surface area contributed by atoms with Gasteiger partial charge in [-0.1, -0.05) is 0 Å². The van der Waals surface area contributed by atoms with Crippen molar-refractivity contribution in [2.75, 3.05) is 54.4 Å². The first-order valence-electron chi connectivity index (χ1n) is 13.7. The number of pyridine rings is 1. The van der Waals surface area contributed by atoms with Gasteiger partial charge in [-0.25, -0.2) is 9.59 Å². The van der Waals surface area contributed by atoms with Gasteiger partial charge in [0.25, 0.3) is 5.56 Å². The minimum Gasteiger partial charge on any atom is -0.493 e. The zero-order valence-electron chi connectivity index (χ0n) is 26.1. The van der Waals surface area contributed by atoms with Crippen molar-refractivity contribution in [2.45, 2.75) is 13.8 Å². The standard InChI is InChI=1S/C32H35N3O9.ClH/c1-8-34(9-2)32(38)44-24-17-22-21(16-23(24)39-3)27(18-14-25(40-4)29(42-6)26(15-18)41-5)28(31(37)43-7)35(30(22)36)20-12-10-19(33)11-13-20;/h10-17H,8-9,33H2,1-7H3;1H. The van der Waals surface area contributed by atoms with E-state index in [1.165, 1.54) is 51.1 Å². The van der Waals surface area contributed by atoms with E-state index >= 15 is 0 Å². The fourth-order valence-electron chi connectivity index (χ4n) is 4.96. The van der Waals surface area contributed by atoms with Crippen molar-refractivity contribution >= 4 is 40.9 Å². The zero-order valence-corrected chi connectivity index (χ0v) is 26.9. The van der Waals surface area contributed by atoms with Gasteiger partial charge in [0.1, 0.15) is 5.69 Å². The van der Waals surface area contributed by atoms with Gasteiger partial charge in [-0.2, -0.15) is 0 Å². The lowest BCUT2D eigenvalue weighted by Gasteiger charge is -2.22. The Morgan fingerprint density at radius 2 is 1.33 bits per heavy atom. The number of carbonyl (C=O) groups is 2. The molecule has 0 aliphatic rings. The van der Waals surface area contributed by atoms with Gasteiger partial charge in [0.15, 0.2) is 23.0 Å². The molecule has 0 saturated carbocycles. The normalized spacial score (nSPS) is 10.5. The molecule has 3 aromatic carbocycles. The molecular formula is C32H36ClN3O9. The zero-order chi connectivity index (χ0) is 32.1. The predicted octanol–water partition coefficient (Wildman–Crippen LogP) is 5.32. The molecule has 13 heteroatoms. The number of fused-ring (bicyclic) bond motifs is 1. The molecule has 0 bridgehead atoms. The lowest BCUT2D eigenvalue weighted by molar-refractivity contribution is 0.0591. The average molecular weight is 642 g/mol. The van der Waals surface area contributed by atoms with Crippen LogP contribution in [0.25, 0.3) is 27.6 Å². The molecule has 4 aromatic rings. The summed E-state index contributed by atoms with van der Waals surface area (Å²) in [5.41, 5.74) is 6.80.